The van der Waals surface area contributed by atoms with Gasteiger partial charge in [-0.3, -0.25) is 10.1 Å². The van der Waals surface area contributed by atoms with E-state index in [9.17, 15) is 13.2 Å². The summed E-state index contributed by atoms with van der Waals surface area (Å²) in [5, 5.41) is 4.96. The topological polar surface area (TPSA) is 89.3 Å². The lowest BCUT2D eigenvalue weighted by atomic mass is 10.1. The van der Waals surface area contributed by atoms with Crippen LogP contribution in [0.15, 0.2) is 87.7 Å². The third-order valence-corrected chi connectivity index (χ3v) is 6.61. The zero-order valence-electron chi connectivity index (χ0n) is 15.1. The summed E-state index contributed by atoms with van der Waals surface area (Å²) < 4.78 is 30.4. The van der Waals surface area contributed by atoms with Crippen LogP contribution in [0.3, 0.4) is 0 Å². The molecule has 4 rings (SSSR count). The van der Waals surface area contributed by atoms with Gasteiger partial charge in [-0.1, -0.05) is 30.3 Å². The third-order valence-electron chi connectivity index (χ3n) is 4.15. The van der Waals surface area contributed by atoms with Gasteiger partial charge in [0.1, 0.15) is 5.69 Å². The Labute approximate surface area is 171 Å². The van der Waals surface area contributed by atoms with Gasteiger partial charge in [-0.15, -0.1) is 11.3 Å². The van der Waals surface area contributed by atoms with E-state index in [1.54, 1.807) is 78.4 Å². The van der Waals surface area contributed by atoms with Gasteiger partial charge in [-0.05, 0) is 42.0 Å². The van der Waals surface area contributed by atoms with Gasteiger partial charge in [0.25, 0.3) is 5.91 Å². The monoisotopic (exact) mass is 424 g/mol. The number of benzene rings is 2. The summed E-state index contributed by atoms with van der Waals surface area (Å²) in [6, 6.07) is 18.4. The molecule has 0 atom stereocenters. The molecule has 146 valence electrons. The summed E-state index contributed by atoms with van der Waals surface area (Å²) in [6.45, 7) is 0. The highest BCUT2D eigenvalue weighted by atomic mass is 32.2. The fraction of sp³-hybridized carbons (Fsp3) is 0.0476. The molecule has 0 aliphatic heterocycles. The quantitative estimate of drug-likeness (QED) is 0.487. The van der Waals surface area contributed by atoms with Gasteiger partial charge in [0.05, 0.1) is 16.9 Å². The molecule has 29 heavy (non-hydrogen) atoms. The SMILES string of the molecule is O=C(Nc1nc(-c2ccco2)cs1)c1cccc(CS(=O)(=O)c2ccccc2)c1. The van der Waals surface area contributed by atoms with Crippen LogP contribution < -0.4 is 5.32 Å². The molecule has 8 heteroatoms. The summed E-state index contributed by atoms with van der Waals surface area (Å²) in [5.41, 5.74) is 1.54. The fourth-order valence-electron chi connectivity index (χ4n) is 2.77. The van der Waals surface area contributed by atoms with Crippen molar-refractivity contribution in [2.45, 2.75) is 10.6 Å². The van der Waals surface area contributed by atoms with Crippen molar-refractivity contribution >= 4 is 32.2 Å². The lowest BCUT2D eigenvalue weighted by molar-refractivity contribution is 0.102. The minimum atomic E-state index is -3.49. The Bertz CT molecular complexity index is 1230. The zero-order chi connectivity index (χ0) is 20.3. The molecule has 0 aliphatic carbocycles. The van der Waals surface area contributed by atoms with Gasteiger partial charge < -0.3 is 4.42 Å². The van der Waals surface area contributed by atoms with Gasteiger partial charge in [0, 0.05) is 10.9 Å². The molecule has 1 N–H and O–H groups in total. The molecular formula is C21H16N2O4S2. The minimum Gasteiger partial charge on any atom is -0.463 e. The maximum absolute atomic E-state index is 12.6. The molecule has 0 radical (unpaired) electrons. The molecule has 2 aromatic carbocycles. The standard InChI is InChI=1S/C21H16N2O4S2/c24-20(23-21-22-18(13-28-21)19-10-5-11-27-19)16-7-4-6-15(12-16)14-29(25,26)17-8-2-1-3-9-17/h1-13H,14H2,(H,22,23,24). The number of nitrogens with one attached hydrogen (secondary N) is 1. The zero-order valence-corrected chi connectivity index (χ0v) is 16.7. The molecule has 2 heterocycles. The summed E-state index contributed by atoms with van der Waals surface area (Å²) in [5.74, 6) is 0.0806. The molecular weight excluding hydrogens is 408 g/mol. The number of sulfone groups is 1. The van der Waals surface area contributed by atoms with Crippen molar-refractivity contribution in [1.82, 2.24) is 4.98 Å². The predicted octanol–water partition coefficient (Wildman–Crippen LogP) is 4.63. The fourth-order valence-corrected chi connectivity index (χ4v) is 4.82. The molecule has 1 amide bonds. The Morgan fingerprint density at radius 1 is 1.03 bits per heavy atom. The van der Waals surface area contributed by atoms with E-state index < -0.39 is 9.84 Å². The van der Waals surface area contributed by atoms with Crippen LogP contribution in [0.4, 0.5) is 5.13 Å². The van der Waals surface area contributed by atoms with E-state index in [1.807, 2.05) is 0 Å². The number of nitrogens with zero attached hydrogens (tertiary/aromatic N) is 1. The van der Waals surface area contributed by atoms with Crippen molar-refractivity contribution in [2.24, 2.45) is 0 Å². The van der Waals surface area contributed by atoms with Crippen LogP contribution in [0, 0.1) is 0 Å². The predicted molar refractivity (Wildman–Crippen MR) is 112 cm³/mol. The normalized spacial score (nSPS) is 11.3. The van der Waals surface area contributed by atoms with Crippen LogP contribution in [0.1, 0.15) is 15.9 Å². The van der Waals surface area contributed by atoms with Crippen molar-refractivity contribution in [2.75, 3.05) is 5.32 Å². The van der Waals surface area contributed by atoms with Crippen LogP contribution in [0.2, 0.25) is 0 Å². The Hall–Kier alpha value is -3.23. The van der Waals surface area contributed by atoms with E-state index in [0.29, 0.717) is 27.7 Å². The average Bonchev–Trinajstić information content (AvgIpc) is 3.40. The van der Waals surface area contributed by atoms with Gasteiger partial charge in [0.15, 0.2) is 20.7 Å². The summed E-state index contributed by atoms with van der Waals surface area (Å²) >= 11 is 1.28. The third kappa shape index (κ3) is 4.44. The molecule has 6 nitrogen and oxygen atoms in total. The number of furan rings is 1. The van der Waals surface area contributed by atoms with E-state index in [2.05, 4.69) is 10.3 Å². The summed E-state index contributed by atoms with van der Waals surface area (Å²) in [7, 11) is -3.49. The maximum atomic E-state index is 12.6. The number of hydrogen-bond acceptors (Lipinski definition) is 6. The van der Waals surface area contributed by atoms with Gasteiger partial charge in [0.2, 0.25) is 0 Å². The van der Waals surface area contributed by atoms with Crippen molar-refractivity contribution < 1.29 is 17.6 Å². The molecule has 0 fully saturated rings. The maximum Gasteiger partial charge on any atom is 0.257 e. The molecule has 0 saturated carbocycles. The molecule has 0 bridgehead atoms. The van der Waals surface area contributed by atoms with Gasteiger partial charge in [-0.2, -0.15) is 0 Å². The number of aromatic nitrogens is 1. The Kier molecular flexibility index (Phi) is 5.28. The largest absolute Gasteiger partial charge is 0.463 e. The van der Waals surface area contributed by atoms with E-state index in [0.717, 1.165) is 0 Å². The summed E-state index contributed by atoms with van der Waals surface area (Å²) in [6.07, 6.45) is 1.56. The van der Waals surface area contributed by atoms with Crippen LogP contribution in [-0.2, 0) is 15.6 Å². The molecule has 4 aromatic rings. The molecule has 0 unspecified atom stereocenters. The lowest BCUT2D eigenvalue weighted by Crippen LogP contribution is -2.12. The number of anilines is 1. The van der Waals surface area contributed by atoms with Crippen LogP contribution in [0.25, 0.3) is 11.5 Å². The lowest BCUT2D eigenvalue weighted by Gasteiger charge is -2.07. The van der Waals surface area contributed by atoms with Crippen molar-refractivity contribution in [3.63, 3.8) is 0 Å². The highest BCUT2D eigenvalue weighted by molar-refractivity contribution is 7.90. The van der Waals surface area contributed by atoms with E-state index in [1.165, 1.54) is 11.3 Å². The van der Waals surface area contributed by atoms with E-state index in [4.69, 9.17) is 4.42 Å². The Morgan fingerprint density at radius 2 is 1.86 bits per heavy atom. The average molecular weight is 425 g/mol. The Morgan fingerprint density at radius 3 is 2.62 bits per heavy atom. The first kappa shape index (κ1) is 19.1. The number of carbonyl (C=O) groups excluding carboxylic acids is 1. The van der Waals surface area contributed by atoms with E-state index in [-0.39, 0.29) is 16.6 Å². The number of amides is 1. The van der Waals surface area contributed by atoms with Gasteiger partial charge in [-0.25, -0.2) is 13.4 Å². The first-order valence-corrected chi connectivity index (χ1v) is 11.2. The first-order chi connectivity index (χ1) is 14.0. The summed E-state index contributed by atoms with van der Waals surface area (Å²) in [4.78, 5) is 17.2. The number of carbonyl (C=O) groups is 1. The van der Waals surface area contributed by atoms with Crippen molar-refractivity contribution in [1.29, 1.82) is 0 Å². The second-order valence-corrected chi connectivity index (χ2v) is 9.09. The molecule has 0 saturated heterocycles. The van der Waals surface area contributed by atoms with Crippen LogP contribution >= 0.6 is 11.3 Å². The number of hydrogen-bond donors (Lipinski definition) is 1. The highest BCUT2D eigenvalue weighted by Gasteiger charge is 2.17. The number of thiazole rings is 1. The number of rotatable bonds is 6. The molecule has 2 aromatic heterocycles. The first-order valence-electron chi connectivity index (χ1n) is 8.69. The Balaban J connectivity index is 1.49. The second-order valence-electron chi connectivity index (χ2n) is 6.24. The minimum absolute atomic E-state index is 0.183. The van der Waals surface area contributed by atoms with Crippen LogP contribution in [0.5, 0.6) is 0 Å². The van der Waals surface area contributed by atoms with E-state index >= 15 is 0 Å². The van der Waals surface area contributed by atoms with Gasteiger partial charge >= 0.3 is 0 Å². The molecule has 0 aliphatic rings. The molecule has 0 spiro atoms. The van der Waals surface area contributed by atoms with Crippen molar-refractivity contribution in [3.05, 3.63) is 89.5 Å². The van der Waals surface area contributed by atoms with Crippen LogP contribution in [-0.4, -0.2) is 19.3 Å². The van der Waals surface area contributed by atoms with Crippen molar-refractivity contribution in [3.8, 4) is 11.5 Å². The highest BCUT2D eigenvalue weighted by Crippen LogP contribution is 2.25. The second kappa shape index (κ2) is 8.02. The smallest absolute Gasteiger partial charge is 0.257 e.